The van der Waals surface area contributed by atoms with Gasteiger partial charge in [0.05, 0.1) is 12.1 Å². The van der Waals surface area contributed by atoms with Gasteiger partial charge in [0.1, 0.15) is 5.82 Å². The molecule has 0 unspecified atom stereocenters. The molecule has 0 saturated carbocycles. The van der Waals surface area contributed by atoms with Crippen molar-refractivity contribution < 1.29 is 17.6 Å². The highest BCUT2D eigenvalue weighted by atomic mass is 127. The predicted molar refractivity (Wildman–Crippen MR) is 114 cm³/mol. The SMILES string of the molecule is CCNC(=NCc1ccc(F)cc1C(F)(F)F)NC1CCN(C(C)C)CC1.I. The van der Waals surface area contributed by atoms with Crippen LogP contribution in [0.25, 0.3) is 0 Å². The normalized spacial score (nSPS) is 16.8. The fraction of sp³-hybridized carbons (Fsp3) is 0.632. The molecule has 0 aliphatic carbocycles. The lowest BCUT2D eigenvalue weighted by Gasteiger charge is -2.35. The Bertz CT molecular complexity index is 641. The molecule has 2 N–H and O–H groups in total. The molecule has 1 aliphatic heterocycles. The highest BCUT2D eigenvalue weighted by molar-refractivity contribution is 14.0. The third-order valence-electron chi connectivity index (χ3n) is 4.73. The highest BCUT2D eigenvalue weighted by Gasteiger charge is 2.33. The topological polar surface area (TPSA) is 39.7 Å². The number of halogens is 5. The summed E-state index contributed by atoms with van der Waals surface area (Å²) in [6.07, 6.45) is -2.71. The molecule has 0 radical (unpaired) electrons. The first-order chi connectivity index (χ1) is 12.7. The van der Waals surface area contributed by atoms with Crippen LogP contribution in [0.2, 0.25) is 0 Å². The van der Waals surface area contributed by atoms with E-state index in [0.29, 0.717) is 24.6 Å². The maximum absolute atomic E-state index is 13.2. The minimum Gasteiger partial charge on any atom is -0.357 e. The first-order valence-electron chi connectivity index (χ1n) is 9.35. The molecule has 2 rings (SSSR count). The molecule has 1 fully saturated rings. The van der Waals surface area contributed by atoms with Crippen LogP contribution in [-0.2, 0) is 12.7 Å². The summed E-state index contributed by atoms with van der Waals surface area (Å²) in [5, 5.41) is 6.39. The Hall–Kier alpha value is -1.10. The summed E-state index contributed by atoms with van der Waals surface area (Å²) in [5.74, 6) is -0.421. The third kappa shape index (κ3) is 7.38. The number of alkyl halides is 3. The minimum atomic E-state index is -4.61. The lowest BCUT2D eigenvalue weighted by molar-refractivity contribution is -0.138. The van der Waals surface area contributed by atoms with Crippen LogP contribution in [0.5, 0.6) is 0 Å². The number of benzene rings is 1. The molecule has 9 heteroatoms. The van der Waals surface area contributed by atoms with Gasteiger partial charge in [-0.05, 0) is 51.3 Å². The van der Waals surface area contributed by atoms with Crippen LogP contribution in [0.1, 0.15) is 44.7 Å². The van der Waals surface area contributed by atoms with Crippen molar-refractivity contribution in [1.29, 1.82) is 0 Å². The van der Waals surface area contributed by atoms with Crippen LogP contribution in [0.3, 0.4) is 0 Å². The molecule has 0 bridgehead atoms. The summed E-state index contributed by atoms with van der Waals surface area (Å²) >= 11 is 0. The molecule has 1 aromatic rings. The standard InChI is InChI=1S/C19H28F4N4.HI/c1-4-24-18(26-16-7-9-27(10-8-16)13(2)3)25-12-14-5-6-15(20)11-17(14)19(21,22)23;/h5-6,11,13,16H,4,7-10,12H2,1-3H3,(H2,24,25,26);1H. The minimum absolute atomic E-state index is 0. The zero-order chi connectivity index (χ0) is 20.0. The molecule has 0 aromatic heterocycles. The van der Waals surface area contributed by atoms with Crippen molar-refractivity contribution in [2.45, 2.75) is 58.4 Å². The molecule has 1 aliphatic rings. The Morgan fingerprint density at radius 3 is 2.43 bits per heavy atom. The van der Waals surface area contributed by atoms with Gasteiger partial charge in [-0.15, -0.1) is 24.0 Å². The van der Waals surface area contributed by atoms with Crippen molar-refractivity contribution in [3.8, 4) is 0 Å². The van der Waals surface area contributed by atoms with Gasteiger partial charge in [-0.1, -0.05) is 6.07 Å². The lowest BCUT2D eigenvalue weighted by atomic mass is 10.0. The number of piperidine rings is 1. The number of nitrogens with one attached hydrogen (secondary N) is 2. The van der Waals surface area contributed by atoms with Gasteiger partial charge >= 0.3 is 6.18 Å². The van der Waals surface area contributed by atoms with Gasteiger partial charge in [0, 0.05) is 31.7 Å². The molecular formula is C19H29F4IN4. The van der Waals surface area contributed by atoms with Crippen LogP contribution in [0.15, 0.2) is 23.2 Å². The molecule has 1 saturated heterocycles. The number of guanidine groups is 1. The number of hydrogen-bond donors (Lipinski definition) is 2. The fourth-order valence-corrected chi connectivity index (χ4v) is 3.19. The number of likely N-dealkylation sites (tertiary alicyclic amines) is 1. The van der Waals surface area contributed by atoms with E-state index in [9.17, 15) is 17.6 Å². The number of nitrogens with zero attached hydrogens (tertiary/aromatic N) is 2. The van der Waals surface area contributed by atoms with Gasteiger partial charge in [-0.2, -0.15) is 13.2 Å². The Morgan fingerprint density at radius 1 is 1.25 bits per heavy atom. The predicted octanol–water partition coefficient (Wildman–Crippen LogP) is 4.39. The number of aliphatic imine (C=N–C) groups is 1. The van der Waals surface area contributed by atoms with Crippen LogP contribution >= 0.6 is 24.0 Å². The molecular weight excluding hydrogens is 487 g/mol. The van der Waals surface area contributed by atoms with E-state index in [2.05, 4.69) is 34.4 Å². The van der Waals surface area contributed by atoms with Crippen LogP contribution in [0, 0.1) is 5.82 Å². The van der Waals surface area contributed by atoms with Gasteiger partial charge in [0.25, 0.3) is 0 Å². The summed E-state index contributed by atoms with van der Waals surface area (Å²) < 4.78 is 52.6. The number of rotatable bonds is 5. The van der Waals surface area contributed by atoms with Crippen molar-refractivity contribution in [3.63, 3.8) is 0 Å². The summed E-state index contributed by atoms with van der Waals surface area (Å²) in [7, 11) is 0. The fourth-order valence-electron chi connectivity index (χ4n) is 3.19. The van der Waals surface area contributed by atoms with E-state index in [4.69, 9.17) is 0 Å². The zero-order valence-corrected chi connectivity index (χ0v) is 18.8. The first-order valence-corrected chi connectivity index (χ1v) is 9.35. The molecule has 160 valence electrons. The molecule has 4 nitrogen and oxygen atoms in total. The smallest absolute Gasteiger partial charge is 0.357 e. The van der Waals surface area contributed by atoms with Gasteiger partial charge in [0.2, 0.25) is 0 Å². The lowest BCUT2D eigenvalue weighted by Crippen LogP contribution is -2.49. The molecule has 0 amide bonds. The van der Waals surface area contributed by atoms with Gasteiger partial charge in [-0.3, -0.25) is 0 Å². The van der Waals surface area contributed by atoms with Gasteiger partial charge < -0.3 is 15.5 Å². The van der Waals surface area contributed by atoms with Crippen LogP contribution < -0.4 is 10.6 Å². The molecule has 0 spiro atoms. The maximum atomic E-state index is 13.2. The van der Waals surface area contributed by atoms with Crippen molar-refractivity contribution in [2.75, 3.05) is 19.6 Å². The highest BCUT2D eigenvalue weighted by Crippen LogP contribution is 2.32. The van der Waals surface area contributed by atoms with Gasteiger partial charge in [-0.25, -0.2) is 9.38 Å². The van der Waals surface area contributed by atoms with E-state index in [1.165, 1.54) is 0 Å². The Kier molecular flexibility index (Phi) is 9.96. The van der Waals surface area contributed by atoms with Crippen LogP contribution in [0.4, 0.5) is 17.6 Å². The molecule has 1 heterocycles. The molecule has 1 aromatic carbocycles. The second kappa shape index (κ2) is 11.2. The quantitative estimate of drug-likeness (QED) is 0.264. The van der Waals surface area contributed by atoms with Crippen LogP contribution in [-0.4, -0.2) is 42.6 Å². The summed E-state index contributed by atoms with van der Waals surface area (Å²) in [6, 6.07) is 3.43. The average Bonchev–Trinajstić information content (AvgIpc) is 2.60. The average molecular weight is 516 g/mol. The van der Waals surface area contributed by atoms with E-state index in [0.717, 1.165) is 38.1 Å². The van der Waals surface area contributed by atoms with Crippen molar-refractivity contribution in [1.82, 2.24) is 15.5 Å². The van der Waals surface area contributed by atoms with Gasteiger partial charge in [0.15, 0.2) is 5.96 Å². The van der Waals surface area contributed by atoms with E-state index >= 15 is 0 Å². The second-order valence-electron chi connectivity index (χ2n) is 7.04. The monoisotopic (exact) mass is 516 g/mol. The summed E-state index contributed by atoms with van der Waals surface area (Å²) in [4.78, 5) is 6.69. The summed E-state index contributed by atoms with van der Waals surface area (Å²) in [5.41, 5.74) is -1.02. The van der Waals surface area contributed by atoms with Crippen molar-refractivity contribution >= 4 is 29.9 Å². The van der Waals surface area contributed by atoms with E-state index in [1.807, 2.05) is 6.92 Å². The van der Waals surface area contributed by atoms with E-state index < -0.39 is 17.6 Å². The molecule has 28 heavy (non-hydrogen) atoms. The van der Waals surface area contributed by atoms with E-state index in [1.54, 1.807) is 0 Å². The van der Waals surface area contributed by atoms with Crippen molar-refractivity contribution in [3.05, 3.63) is 35.1 Å². The number of hydrogen-bond acceptors (Lipinski definition) is 2. The van der Waals surface area contributed by atoms with Crippen molar-refractivity contribution in [2.24, 2.45) is 4.99 Å². The first kappa shape index (κ1) is 24.9. The Balaban J connectivity index is 0.00000392. The Morgan fingerprint density at radius 2 is 1.89 bits per heavy atom. The Labute approximate surface area is 181 Å². The maximum Gasteiger partial charge on any atom is 0.416 e. The second-order valence-corrected chi connectivity index (χ2v) is 7.04. The molecule has 0 atom stereocenters. The third-order valence-corrected chi connectivity index (χ3v) is 4.73. The summed E-state index contributed by atoms with van der Waals surface area (Å²) in [6.45, 7) is 8.62. The zero-order valence-electron chi connectivity index (χ0n) is 16.4. The largest absolute Gasteiger partial charge is 0.416 e. The van der Waals surface area contributed by atoms with E-state index in [-0.39, 0.29) is 42.1 Å².